The second-order valence-corrected chi connectivity index (χ2v) is 8.72. The van der Waals surface area contributed by atoms with Crippen LogP contribution in [0.4, 0.5) is 13.2 Å². The largest absolute Gasteiger partial charge is 0.401 e. The molecule has 0 bridgehead atoms. The minimum Gasteiger partial charge on any atom is -0.356 e. The lowest BCUT2D eigenvalue weighted by molar-refractivity contribution is -0.143. The third-order valence-corrected chi connectivity index (χ3v) is 5.10. The van der Waals surface area contributed by atoms with Crippen molar-refractivity contribution in [3.8, 4) is 0 Å². The number of aliphatic imine (C=N–C) groups is 1. The van der Waals surface area contributed by atoms with E-state index in [-0.39, 0.29) is 35.3 Å². The van der Waals surface area contributed by atoms with Crippen molar-refractivity contribution >= 4 is 41.5 Å². The van der Waals surface area contributed by atoms with E-state index in [1.807, 2.05) is 18.2 Å². The van der Waals surface area contributed by atoms with Crippen molar-refractivity contribution in [1.29, 1.82) is 0 Å². The molecule has 1 aliphatic heterocycles. The summed E-state index contributed by atoms with van der Waals surface area (Å²) in [6.45, 7) is 5.79. The predicted octanol–water partition coefficient (Wildman–Crippen LogP) is 4.58. The van der Waals surface area contributed by atoms with Gasteiger partial charge in [0, 0.05) is 31.7 Å². The minimum atomic E-state index is -4.13. The van der Waals surface area contributed by atoms with Crippen LogP contribution < -0.4 is 10.6 Å². The summed E-state index contributed by atoms with van der Waals surface area (Å²) in [5.74, 6) is 0.869. The van der Waals surface area contributed by atoms with Gasteiger partial charge in [-0.2, -0.15) is 13.2 Å². The van der Waals surface area contributed by atoms with Crippen LogP contribution in [0.5, 0.6) is 0 Å². The smallest absolute Gasteiger partial charge is 0.356 e. The molecule has 2 rings (SSSR count). The molecule has 0 aliphatic carbocycles. The molecule has 1 fully saturated rings. The van der Waals surface area contributed by atoms with Crippen LogP contribution in [0.15, 0.2) is 29.3 Å². The monoisotopic (exact) mass is 546 g/mol. The minimum absolute atomic E-state index is 0. The Hall–Kier alpha value is -0.740. The van der Waals surface area contributed by atoms with E-state index in [4.69, 9.17) is 11.6 Å². The van der Waals surface area contributed by atoms with Gasteiger partial charge in [0.15, 0.2) is 5.96 Å². The Morgan fingerprint density at radius 3 is 2.62 bits per heavy atom. The Morgan fingerprint density at radius 1 is 1.28 bits per heavy atom. The van der Waals surface area contributed by atoms with Crippen molar-refractivity contribution in [3.63, 3.8) is 0 Å². The quantitative estimate of drug-likeness (QED) is 0.299. The van der Waals surface area contributed by atoms with Crippen LogP contribution >= 0.6 is 35.6 Å². The number of benzene rings is 1. The normalized spacial score (nSPS) is 18.4. The Bertz CT molecular complexity index is 667. The number of hydrogen-bond acceptors (Lipinski definition) is 2. The number of rotatable bonds is 7. The lowest BCUT2D eigenvalue weighted by Gasteiger charge is -2.27. The molecule has 1 aromatic carbocycles. The fourth-order valence-corrected chi connectivity index (χ4v) is 3.74. The zero-order valence-corrected chi connectivity index (χ0v) is 20.2. The zero-order chi connectivity index (χ0) is 20.8. The Labute approximate surface area is 193 Å². The van der Waals surface area contributed by atoms with Crippen molar-refractivity contribution in [1.82, 2.24) is 15.5 Å². The maximum Gasteiger partial charge on any atom is 0.401 e. The van der Waals surface area contributed by atoms with Gasteiger partial charge in [-0.1, -0.05) is 37.6 Å². The molecule has 0 amide bonds. The van der Waals surface area contributed by atoms with E-state index in [2.05, 4.69) is 35.5 Å². The molecular weight excluding hydrogens is 516 g/mol. The lowest BCUT2D eigenvalue weighted by atomic mass is 9.86. The summed E-state index contributed by atoms with van der Waals surface area (Å²) in [6.07, 6.45) is -2.50. The van der Waals surface area contributed by atoms with E-state index in [1.54, 1.807) is 7.05 Å². The van der Waals surface area contributed by atoms with Crippen LogP contribution in [0.25, 0.3) is 0 Å². The van der Waals surface area contributed by atoms with E-state index in [1.165, 1.54) is 10.5 Å². The van der Waals surface area contributed by atoms with Crippen molar-refractivity contribution in [2.45, 2.75) is 32.9 Å². The number of alkyl halides is 3. The highest BCUT2D eigenvalue weighted by Crippen LogP contribution is 2.23. The van der Waals surface area contributed by atoms with E-state index < -0.39 is 12.7 Å². The molecule has 1 saturated heterocycles. The first-order valence-corrected chi connectivity index (χ1v) is 9.92. The number of guanidine groups is 1. The average molecular weight is 547 g/mol. The lowest BCUT2D eigenvalue weighted by Crippen LogP contribution is -2.44. The van der Waals surface area contributed by atoms with Crippen LogP contribution in [-0.2, 0) is 6.42 Å². The second kappa shape index (κ2) is 11.6. The average Bonchev–Trinajstić information content (AvgIpc) is 3.00. The van der Waals surface area contributed by atoms with Crippen LogP contribution in [0.1, 0.15) is 25.8 Å². The molecule has 0 aromatic heterocycles. The summed E-state index contributed by atoms with van der Waals surface area (Å²) < 4.78 is 37.5. The Morgan fingerprint density at radius 2 is 2.00 bits per heavy atom. The van der Waals surface area contributed by atoms with E-state index in [0.29, 0.717) is 32.1 Å². The summed E-state index contributed by atoms with van der Waals surface area (Å²) in [7, 11) is 1.70. The highest BCUT2D eigenvalue weighted by molar-refractivity contribution is 14.0. The third-order valence-electron chi connectivity index (χ3n) is 4.86. The summed E-state index contributed by atoms with van der Waals surface area (Å²) in [5.41, 5.74) is 1.16. The molecule has 166 valence electrons. The second-order valence-electron chi connectivity index (χ2n) is 8.28. The summed E-state index contributed by atoms with van der Waals surface area (Å²) in [6, 6.07) is 7.85. The molecule has 29 heavy (non-hydrogen) atoms. The first-order valence-electron chi connectivity index (χ1n) is 9.54. The predicted molar refractivity (Wildman–Crippen MR) is 124 cm³/mol. The maximum atomic E-state index is 12.5. The molecule has 0 radical (unpaired) electrons. The van der Waals surface area contributed by atoms with Crippen molar-refractivity contribution in [3.05, 3.63) is 34.9 Å². The van der Waals surface area contributed by atoms with Crippen molar-refractivity contribution in [2.24, 2.45) is 16.3 Å². The van der Waals surface area contributed by atoms with Gasteiger partial charge < -0.3 is 10.6 Å². The highest BCUT2D eigenvalue weighted by Gasteiger charge is 2.34. The zero-order valence-electron chi connectivity index (χ0n) is 17.2. The number of halogens is 5. The number of hydrogen-bond donors (Lipinski definition) is 2. The highest BCUT2D eigenvalue weighted by atomic mass is 127. The van der Waals surface area contributed by atoms with Gasteiger partial charge in [0.25, 0.3) is 0 Å². The van der Waals surface area contributed by atoms with Crippen LogP contribution in [-0.4, -0.2) is 56.8 Å². The molecule has 2 N–H and O–H groups in total. The van der Waals surface area contributed by atoms with Gasteiger partial charge in [0.1, 0.15) is 0 Å². The van der Waals surface area contributed by atoms with E-state index >= 15 is 0 Å². The molecule has 1 unspecified atom stereocenters. The van der Waals surface area contributed by atoms with Gasteiger partial charge in [-0.25, -0.2) is 0 Å². The Balaban J connectivity index is 0.00000420. The van der Waals surface area contributed by atoms with Crippen molar-refractivity contribution in [2.75, 3.05) is 39.8 Å². The van der Waals surface area contributed by atoms with Gasteiger partial charge >= 0.3 is 6.18 Å². The van der Waals surface area contributed by atoms with Crippen LogP contribution in [0, 0.1) is 11.3 Å². The van der Waals surface area contributed by atoms with Gasteiger partial charge in [-0.05, 0) is 48.4 Å². The van der Waals surface area contributed by atoms with Gasteiger partial charge in [0.05, 0.1) is 6.54 Å². The van der Waals surface area contributed by atoms with E-state index in [0.717, 1.165) is 17.9 Å². The molecule has 1 aliphatic rings. The molecule has 1 atom stereocenters. The summed E-state index contributed by atoms with van der Waals surface area (Å²) in [5, 5.41) is 7.31. The molecule has 1 aromatic rings. The van der Waals surface area contributed by atoms with E-state index in [9.17, 15) is 13.2 Å². The first kappa shape index (κ1) is 26.3. The third kappa shape index (κ3) is 10.2. The maximum absolute atomic E-state index is 12.5. The van der Waals surface area contributed by atoms with Gasteiger partial charge in [-0.3, -0.25) is 9.89 Å². The molecular formula is C20H31ClF3IN4. The molecule has 0 spiro atoms. The molecule has 0 saturated carbocycles. The summed E-state index contributed by atoms with van der Waals surface area (Å²) in [4.78, 5) is 5.70. The van der Waals surface area contributed by atoms with Crippen LogP contribution in [0.2, 0.25) is 5.02 Å². The topological polar surface area (TPSA) is 39.7 Å². The Kier molecular flexibility index (Phi) is 10.5. The molecule has 9 heteroatoms. The fraction of sp³-hybridized carbons (Fsp3) is 0.650. The van der Waals surface area contributed by atoms with Crippen LogP contribution in [0.3, 0.4) is 0 Å². The molecule has 1 heterocycles. The first-order chi connectivity index (χ1) is 13.1. The number of nitrogens with one attached hydrogen (secondary N) is 2. The number of likely N-dealkylation sites (tertiary alicyclic amines) is 1. The fourth-order valence-electron chi connectivity index (χ4n) is 3.52. The van der Waals surface area contributed by atoms with Crippen molar-refractivity contribution < 1.29 is 13.2 Å². The standard InChI is InChI=1S/C20H30ClF3N4.HI/c1-19(2,10-15-5-4-6-17(21)9-15)13-27-18(25-3)26-11-16-7-8-28(12-16)14-20(22,23)24;/h4-6,9,16H,7-8,10-14H2,1-3H3,(H2,25,26,27);1H. The molecule has 4 nitrogen and oxygen atoms in total. The summed E-state index contributed by atoms with van der Waals surface area (Å²) >= 11 is 6.06. The van der Waals surface area contributed by atoms with Gasteiger partial charge in [0.2, 0.25) is 0 Å². The number of nitrogens with zero attached hydrogens (tertiary/aromatic N) is 2. The van der Waals surface area contributed by atoms with Gasteiger partial charge in [-0.15, -0.1) is 24.0 Å². The SMILES string of the molecule is CN=C(NCC1CCN(CC(F)(F)F)C1)NCC(C)(C)Cc1cccc(Cl)c1.I.